The summed E-state index contributed by atoms with van der Waals surface area (Å²) in [6.45, 7) is 6.10. The largest absolute Gasteiger partial charge is 0.461 e. The van der Waals surface area contributed by atoms with Crippen LogP contribution in [0.1, 0.15) is 30.6 Å². The van der Waals surface area contributed by atoms with Crippen LogP contribution in [-0.4, -0.2) is 13.1 Å². The van der Waals surface area contributed by atoms with Gasteiger partial charge in [-0.2, -0.15) is 0 Å². The van der Waals surface area contributed by atoms with Gasteiger partial charge in [0.05, 0.1) is 0 Å². The molecule has 0 saturated carbocycles. The van der Waals surface area contributed by atoms with Crippen LogP contribution in [-0.2, 0) is 0 Å². The molecule has 4 heteroatoms. The third kappa shape index (κ3) is 2.63. The van der Waals surface area contributed by atoms with Crippen LogP contribution < -0.4 is 5.32 Å². The standard InChI is InChI=1S/C15H18FNO.ClH/c1-9-8-17-4-3-13(9)14-7-12(16)6-11-5-10(2)18-15(11)14;/h5-7,9,13,17H,3-4,8H2,1-2H3;1H/t9-,13+;/m1./s1. The molecule has 2 aromatic rings. The first-order chi connectivity index (χ1) is 8.65. The SMILES string of the molecule is Cc1cc2cc(F)cc([C@H]3CCNC[C@H]3C)c2o1.Cl. The lowest BCUT2D eigenvalue weighted by molar-refractivity contribution is 0.348. The Hall–Kier alpha value is -1.06. The van der Waals surface area contributed by atoms with E-state index in [1.54, 1.807) is 12.1 Å². The normalized spacial score (nSPS) is 23.3. The summed E-state index contributed by atoms with van der Waals surface area (Å²) in [5.41, 5.74) is 1.90. The Morgan fingerprint density at radius 3 is 2.84 bits per heavy atom. The first kappa shape index (κ1) is 14.4. The predicted octanol–water partition coefficient (Wildman–Crippen LogP) is 4.02. The summed E-state index contributed by atoms with van der Waals surface area (Å²) >= 11 is 0. The number of fused-ring (bicyclic) bond motifs is 1. The monoisotopic (exact) mass is 283 g/mol. The molecule has 1 aliphatic rings. The highest BCUT2D eigenvalue weighted by atomic mass is 35.5. The molecule has 1 aliphatic heterocycles. The Kier molecular flexibility index (Phi) is 4.16. The van der Waals surface area contributed by atoms with Crippen LogP contribution in [0, 0.1) is 18.7 Å². The molecule has 0 unspecified atom stereocenters. The van der Waals surface area contributed by atoms with Gasteiger partial charge < -0.3 is 9.73 Å². The van der Waals surface area contributed by atoms with E-state index in [1.165, 1.54) is 0 Å². The number of aryl methyl sites for hydroxylation is 1. The van der Waals surface area contributed by atoms with E-state index in [2.05, 4.69) is 12.2 Å². The minimum atomic E-state index is -0.163. The fourth-order valence-electron chi connectivity index (χ4n) is 3.02. The molecular weight excluding hydrogens is 265 g/mol. The summed E-state index contributed by atoms with van der Waals surface area (Å²) in [5, 5.41) is 4.26. The molecule has 19 heavy (non-hydrogen) atoms. The van der Waals surface area contributed by atoms with E-state index in [0.29, 0.717) is 11.8 Å². The van der Waals surface area contributed by atoms with E-state index in [4.69, 9.17) is 4.42 Å². The van der Waals surface area contributed by atoms with Crippen molar-refractivity contribution >= 4 is 23.4 Å². The Morgan fingerprint density at radius 2 is 2.11 bits per heavy atom. The van der Waals surface area contributed by atoms with Gasteiger partial charge in [0.15, 0.2) is 0 Å². The van der Waals surface area contributed by atoms with Crippen LogP contribution in [0.5, 0.6) is 0 Å². The van der Waals surface area contributed by atoms with Crippen molar-refractivity contribution in [3.8, 4) is 0 Å². The summed E-state index contributed by atoms with van der Waals surface area (Å²) in [4.78, 5) is 0. The topological polar surface area (TPSA) is 25.2 Å². The van der Waals surface area contributed by atoms with Crippen molar-refractivity contribution in [1.82, 2.24) is 5.32 Å². The molecule has 2 heterocycles. The molecule has 2 atom stereocenters. The molecule has 1 fully saturated rings. The number of nitrogens with one attached hydrogen (secondary N) is 1. The number of hydrogen-bond acceptors (Lipinski definition) is 2. The molecular formula is C15H19ClFNO. The summed E-state index contributed by atoms with van der Waals surface area (Å²) < 4.78 is 19.5. The van der Waals surface area contributed by atoms with Crippen LogP contribution in [0.3, 0.4) is 0 Å². The van der Waals surface area contributed by atoms with E-state index in [1.807, 2.05) is 13.0 Å². The second kappa shape index (κ2) is 5.51. The van der Waals surface area contributed by atoms with Crippen molar-refractivity contribution in [2.75, 3.05) is 13.1 Å². The van der Waals surface area contributed by atoms with E-state index in [-0.39, 0.29) is 18.2 Å². The fourth-order valence-corrected chi connectivity index (χ4v) is 3.02. The van der Waals surface area contributed by atoms with E-state index < -0.39 is 0 Å². The Morgan fingerprint density at radius 1 is 1.32 bits per heavy atom. The van der Waals surface area contributed by atoms with Crippen molar-refractivity contribution in [2.24, 2.45) is 5.92 Å². The molecule has 1 aromatic heterocycles. The van der Waals surface area contributed by atoms with Crippen molar-refractivity contribution in [1.29, 1.82) is 0 Å². The maximum absolute atomic E-state index is 13.7. The Bertz CT molecular complexity index is 581. The minimum absolute atomic E-state index is 0. The van der Waals surface area contributed by atoms with Crippen LogP contribution in [0.2, 0.25) is 0 Å². The van der Waals surface area contributed by atoms with E-state index >= 15 is 0 Å². The first-order valence-electron chi connectivity index (χ1n) is 6.55. The van der Waals surface area contributed by atoms with Gasteiger partial charge in [0.1, 0.15) is 17.2 Å². The molecule has 0 bridgehead atoms. The zero-order valence-electron chi connectivity index (χ0n) is 11.2. The zero-order chi connectivity index (χ0) is 12.7. The second-order valence-electron chi connectivity index (χ2n) is 5.35. The summed E-state index contributed by atoms with van der Waals surface area (Å²) in [5.74, 6) is 1.58. The number of piperidine rings is 1. The smallest absolute Gasteiger partial charge is 0.137 e. The number of furan rings is 1. The molecule has 104 valence electrons. The van der Waals surface area contributed by atoms with Gasteiger partial charge in [-0.15, -0.1) is 12.4 Å². The molecule has 0 amide bonds. The van der Waals surface area contributed by atoms with Gasteiger partial charge in [-0.25, -0.2) is 4.39 Å². The van der Waals surface area contributed by atoms with E-state index in [9.17, 15) is 4.39 Å². The van der Waals surface area contributed by atoms with Crippen LogP contribution in [0.15, 0.2) is 22.6 Å². The highest BCUT2D eigenvalue weighted by molar-refractivity contribution is 5.85. The molecule has 1 saturated heterocycles. The number of hydrogen-bond donors (Lipinski definition) is 1. The number of halogens is 2. The molecule has 0 radical (unpaired) electrons. The highest BCUT2D eigenvalue weighted by Crippen LogP contribution is 2.36. The molecule has 3 rings (SSSR count). The lowest BCUT2D eigenvalue weighted by atomic mass is 9.82. The molecule has 1 N–H and O–H groups in total. The van der Waals surface area contributed by atoms with Gasteiger partial charge in [0.25, 0.3) is 0 Å². The third-order valence-corrected chi connectivity index (χ3v) is 3.92. The maximum Gasteiger partial charge on any atom is 0.137 e. The van der Waals surface area contributed by atoms with Crippen LogP contribution in [0.25, 0.3) is 11.0 Å². The summed E-state index contributed by atoms with van der Waals surface area (Å²) in [6, 6.07) is 5.12. The second-order valence-corrected chi connectivity index (χ2v) is 5.35. The zero-order valence-corrected chi connectivity index (χ0v) is 12.0. The average molecular weight is 284 g/mol. The maximum atomic E-state index is 13.7. The molecule has 2 nitrogen and oxygen atoms in total. The lowest BCUT2D eigenvalue weighted by Crippen LogP contribution is -2.33. The third-order valence-electron chi connectivity index (χ3n) is 3.92. The van der Waals surface area contributed by atoms with Crippen molar-refractivity contribution < 1.29 is 8.81 Å². The Balaban J connectivity index is 0.00000133. The summed E-state index contributed by atoms with van der Waals surface area (Å²) in [6.07, 6.45) is 1.04. The van der Waals surface area contributed by atoms with Crippen LogP contribution >= 0.6 is 12.4 Å². The van der Waals surface area contributed by atoms with Gasteiger partial charge >= 0.3 is 0 Å². The van der Waals surface area contributed by atoms with Crippen LogP contribution in [0.4, 0.5) is 4.39 Å². The molecule has 1 aromatic carbocycles. The number of rotatable bonds is 1. The van der Waals surface area contributed by atoms with Gasteiger partial charge in [-0.05, 0) is 56.5 Å². The summed E-state index contributed by atoms with van der Waals surface area (Å²) in [7, 11) is 0. The first-order valence-corrected chi connectivity index (χ1v) is 6.55. The van der Waals surface area contributed by atoms with Gasteiger partial charge in [-0.1, -0.05) is 6.92 Å². The van der Waals surface area contributed by atoms with Gasteiger partial charge in [0.2, 0.25) is 0 Å². The highest BCUT2D eigenvalue weighted by Gasteiger charge is 2.26. The molecule has 0 aliphatic carbocycles. The predicted molar refractivity (Wildman–Crippen MR) is 77.5 cm³/mol. The van der Waals surface area contributed by atoms with Crippen molar-refractivity contribution in [3.63, 3.8) is 0 Å². The average Bonchev–Trinajstić information content (AvgIpc) is 2.69. The Labute approximate surface area is 118 Å². The quantitative estimate of drug-likeness (QED) is 0.855. The number of benzene rings is 1. The minimum Gasteiger partial charge on any atom is -0.461 e. The van der Waals surface area contributed by atoms with Gasteiger partial charge in [0, 0.05) is 10.9 Å². The fraction of sp³-hybridized carbons (Fsp3) is 0.467. The van der Waals surface area contributed by atoms with Crippen molar-refractivity contribution in [3.05, 3.63) is 35.3 Å². The van der Waals surface area contributed by atoms with E-state index in [0.717, 1.165) is 41.8 Å². The van der Waals surface area contributed by atoms with Gasteiger partial charge in [-0.3, -0.25) is 0 Å². The van der Waals surface area contributed by atoms with Crippen molar-refractivity contribution in [2.45, 2.75) is 26.2 Å². The molecule has 0 spiro atoms. The lowest BCUT2D eigenvalue weighted by Gasteiger charge is -2.29.